The summed E-state index contributed by atoms with van der Waals surface area (Å²) in [6.45, 7) is 6.80. The van der Waals surface area contributed by atoms with Gasteiger partial charge >= 0.3 is 0 Å². The van der Waals surface area contributed by atoms with Gasteiger partial charge in [-0.15, -0.1) is 0 Å². The van der Waals surface area contributed by atoms with Gasteiger partial charge in [0.05, 0.1) is 19.3 Å². The number of hydrogen-bond acceptors (Lipinski definition) is 7. The highest BCUT2D eigenvalue weighted by Crippen LogP contribution is 2.32. The Balaban J connectivity index is 1.08. The summed E-state index contributed by atoms with van der Waals surface area (Å²) in [4.78, 5) is 4.71. The van der Waals surface area contributed by atoms with Crippen molar-refractivity contribution >= 4 is 11.6 Å². The third-order valence-corrected chi connectivity index (χ3v) is 5.65. The number of fused-ring (bicyclic) bond motifs is 1. The number of ether oxygens (including phenoxy) is 4. The first-order valence-electron chi connectivity index (χ1n) is 10.6. The first kappa shape index (κ1) is 22.2. The summed E-state index contributed by atoms with van der Waals surface area (Å²) in [5, 5.41) is 11.0. The molecule has 0 bridgehead atoms. The van der Waals surface area contributed by atoms with Crippen LogP contribution in [-0.4, -0.2) is 80.3 Å². The average molecular weight is 449 g/mol. The maximum atomic E-state index is 10.3. The minimum atomic E-state index is -0.504. The van der Waals surface area contributed by atoms with Crippen molar-refractivity contribution < 1.29 is 24.1 Å². The lowest BCUT2D eigenvalue weighted by Gasteiger charge is -2.35. The van der Waals surface area contributed by atoms with Crippen LogP contribution in [0, 0.1) is 0 Å². The molecule has 0 amide bonds. The number of hydrogen-bond donors (Lipinski definition) is 1. The molecule has 2 aromatic rings. The molecule has 168 valence electrons. The molecule has 1 N–H and O–H groups in total. The number of piperazine rings is 1. The molecule has 0 aromatic heterocycles. The largest absolute Gasteiger partial charge is 0.491 e. The highest BCUT2D eigenvalue weighted by atomic mass is 35.5. The van der Waals surface area contributed by atoms with E-state index in [0.717, 1.165) is 50.0 Å². The Hall–Kier alpha value is -2.03. The second-order valence-corrected chi connectivity index (χ2v) is 8.23. The topological polar surface area (TPSA) is 63.6 Å². The SMILES string of the molecule is O[C@@H](COCCOc1ccc(Cl)cc1)CN1CCN(Cc2ccc3c(c2)OCO3)CC1. The second kappa shape index (κ2) is 11.0. The summed E-state index contributed by atoms with van der Waals surface area (Å²) in [7, 11) is 0. The second-order valence-electron chi connectivity index (χ2n) is 7.80. The van der Waals surface area contributed by atoms with Crippen molar-refractivity contribution in [3.8, 4) is 17.2 Å². The van der Waals surface area contributed by atoms with Crippen LogP contribution in [-0.2, 0) is 11.3 Å². The molecule has 0 saturated carbocycles. The number of rotatable bonds is 10. The molecular formula is C23H29ClN2O5. The van der Waals surface area contributed by atoms with Crippen molar-refractivity contribution in [1.82, 2.24) is 9.80 Å². The normalized spacial score (nSPS) is 17.6. The van der Waals surface area contributed by atoms with E-state index in [-0.39, 0.29) is 0 Å². The summed E-state index contributed by atoms with van der Waals surface area (Å²) in [6.07, 6.45) is -0.504. The average Bonchev–Trinajstić information content (AvgIpc) is 3.24. The van der Waals surface area contributed by atoms with Crippen LogP contribution in [0.25, 0.3) is 0 Å². The van der Waals surface area contributed by atoms with Gasteiger partial charge in [0.1, 0.15) is 12.4 Å². The number of β-amino-alcohol motifs (C(OH)–C–C–N with tert-alkyl or cyclic N) is 1. The lowest BCUT2D eigenvalue weighted by atomic mass is 10.1. The van der Waals surface area contributed by atoms with Gasteiger partial charge in [0.25, 0.3) is 0 Å². The van der Waals surface area contributed by atoms with Crippen LogP contribution >= 0.6 is 11.6 Å². The van der Waals surface area contributed by atoms with E-state index in [1.165, 1.54) is 5.56 Å². The molecule has 1 atom stereocenters. The van der Waals surface area contributed by atoms with E-state index < -0.39 is 6.10 Å². The van der Waals surface area contributed by atoms with E-state index in [9.17, 15) is 5.11 Å². The Morgan fingerprint density at radius 2 is 1.68 bits per heavy atom. The van der Waals surface area contributed by atoms with Crippen LogP contribution in [0.4, 0.5) is 0 Å². The zero-order valence-corrected chi connectivity index (χ0v) is 18.3. The van der Waals surface area contributed by atoms with Crippen LogP contribution in [0.15, 0.2) is 42.5 Å². The lowest BCUT2D eigenvalue weighted by Crippen LogP contribution is -2.48. The van der Waals surface area contributed by atoms with Crippen molar-refractivity contribution in [3.63, 3.8) is 0 Å². The Labute approximate surface area is 188 Å². The van der Waals surface area contributed by atoms with Crippen LogP contribution < -0.4 is 14.2 Å². The molecular weight excluding hydrogens is 420 g/mol. The highest BCUT2D eigenvalue weighted by molar-refractivity contribution is 6.30. The molecule has 2 aliphatic heterocycles. The van der Waals surface area contributed by atoms with Gasteiger partial charge in [0.2, 0.25) is 6.79 Å². The van der Waals surface area contributed by atoms with Gasteiger partial charge in [-0.2, -0.15) is 0 Å². The van der Waals surface area contributed by atoms with Crippen LogP contribution in [0.2, 0.25) is 5.02 Å². The zero-order chi connectivity index (χ0) is 21.5. The molecule has 2 aliphatic rings. The monoisotopic (exact) mass is 448 g/mol. The quantitative estimate of drug-likeness (QED) is 0.560. The fraction of sp³-hybridized carbons (Fsp3) is 0.478. The molecule has 31 heavy (non-hydrogen) atoms. The summed E-state index contributed by atoms with van der Waals surface area (Å²) in [6, 6.07) is 13.4. The third-order valence-electron chi connectivity index (χ3n) is 5.40. The molecule has 2 heterocycles. The van der Waals surface area contributed by atoms with E-state index in [4.69, 9.17) is 30.5 Å². The Kier molecular flexibility index (Phi) is 7.88. The molecule has 0 radical (unpaired) electrons. The Morgan fingerprint density at radius 3 is 2.48 bits per heavy atom. The predicted octanol–water partition coefficient (Wildman–Crippen LogP) is 2.64. The van der Waals surface area contributed by atoms with E-state index in [0.29, 0.717) is 38.2 Å². The summed E-state index contributed by atoms with van der Waals surface area (Å²) < 4.78 is 22.0. The van der Waals surface area contributed by atoms with E-state index >= 15 is 0 Å². The van der Waals surface area contributed by atoms with Gasteiger partial charge in [-0.1, -0.05) is 17.7 Å². The Morgan fingerprint density at radius 1 is 0.935 bits per heavy atom. The van der Waals surface area contributed by atoms with Crippen molar-refractivity contribution in [1.29, 1.82) is 0 Å². The lowest BCUT2D eigenvalue weighted by molar-refractivity contribution is -0.000438. The number of nitrogens with zero attached hydrogens (tertiary/aromatic N) is 2. The predicted molar refractivity (Wildman–Crippen MR) is 118 cm³/mol. The number of benzene rings is 2. The maximum Gasteiger partial charge on any atom is 0.231 e. The van der Waals surface area contributed by atoms with Crippen LogP contribution in [0.1, 0.15) is 5.56 Å². The van der Waals surface area contributed by atoms with Crippen molar-refractivity contribution in [2.24, 2.45) is 0 Å². The smallest absolute Gasteiger partial charge is 0.231 e. The van der Waals surface area contributed by atoms with Gasteiger partial charge in [-0.3, -0.25) is 9.80 Å². The third kappa shape index (κ3) is 6.72. The van der Waals surface area contributed by atoms with E-state index in [1.807, 2.05) is 18.2 Å². The highest BCUT2D eigenvalue weighted by Gasteiger charge is 2.20. The van der Waals surface area contributed by atoms with Gasteiger partial charge in [-0.05, 0) is 42.0 Å². The molecule has 2 aromatic carbocycles. The number of aliphatic hydroxyl groups excluding tert-OH is 1. The summed E-state index contributed by atoms with van der Waals surface area (Å²) >= 11 is 5.85. The molecule has 4 rings (SSSR count). The fourth-order valence-corrected chi connectivity index (χ4v) is 3.87. The number of aliphatic hydroxyl groups is 1. The number of halogens is 1. The fourth-order valence-electron chi connectivity index (χ4n) is 3.75. The minimum Gasteiger partial charge on any atom is -0.491 e. The molecule has 0 spiro atoms. The van der Waals surface area contributed by atoms with Crippen molar-refractivity contribution in [2.45, 2.75) is 12.6 Å². The van der Waals surface area contributed by atoms with Gasteiger partial charge in [0.15, 0.2) is 11.5 Å². The standard InChI is InChI=1S/C23H29ClN2O5/c24-19-2-4-21(5-3-19)29-12-11-28-16-20(27)15-26-9-7-25(8-10-26)14-18-1-6-22-23(13-18)31-17-30-22/h1-6,13,20,27H,7-12,14-17H2/t20-/m1/s1. The van der Waals surface area contributed by atoms with Gasteiger partial charge < -0.3 is 24.1 Å². The first-order chi connectivity index (χ1) is 15.2. The Bertz CT molecular complexity index is 827. The molecule has 7 nitrogen and oxygen atoms in total. The van der Waals surface area contributed by atoms with E-state index in [2.05, 4.69) is 21.9 Å². The molecule has 0 aliphatic carbocycles. The van der Waals surface area contributed by atoms with E-state index in [1.54, 1.807) is 12.1 Å². The van der Waals surface area contributed by atoms with Crippen LogP contribution in [0.3, 0.4) is 0 Å². The molecule has 8 heteroatoms. The van der Waals surface area contributed by atoms with Gasteiger partial charge in [-0.25, -0.2) is 0 Å². The molecule has 1 fully saturated rings. The van der Waals surface area contributed by atoms with Crippen molar-refractivity contribution in [3.05, 3.63) is 53.1 Å². The first-order valence-corrected chi connectivity index (χ1v) is 11.0. The molecule has 1 saturated heterocycles. The summed E-state index contributed by atoms with van der Waals surface area (Å²) in [5.74, 6) is 2.41. The zero-order valence-electron chi connectivity index (χ0n) is 17.5. The summed E-state index contributed by atoms with van der Waals surface area (Å²) in [5.41, 5.74) is 1.23. The van der Waals surface area contributed by atoms with Crippen LogP contribution in [0.5, 0.6) is 17.2 Å². The van der Waals surface area contributed by atoms with Gasteiger partial charge in [0, 0.05) is 44.3 Å². The molecule has 0 unspecified atom stereocenters. The minimum absolute atomic E-state index is 0.304. The maximum absolute atomic E-state index is 10.3. The van der Waals surface area contributed by atoms with Crippen molar-refractivity contribution in [2.75, 3.05) is 59.3 Å².